The van der Waals surface area contributed by atoms with Crippen molar-refractivity contribution in [3.05, 3.63) is 130 Å². The van der Waals surface area contributed by atoms with Gasteiger partial charge in [0, 0.05) is 44.2 Å². The molecule has 0 fully saturated rings. The van der Waals surface area contributed by atoms with E-state index in [9.17, 15) is 19.2 Å². The van der Waals surface area contributed by atoms with E-state index in [1.807, 2.05) is 86.6 Å². The fourth-order valence-electron chi connectivity index (χ4n) is 7.86. The Hall–Kier alpha value is -6.28. The molecule has 0 saturated carbocycles. The van der Waals surface area contributed by atoms with Gasteiger partial charge < -0.3 is 9.47 Å². The highest BCUT2D eigenvalue weighted by Crippen LogP contribution is 2.46. The number of hydrogen-bond acceptors (Lipinski definition) is 6. The Bertz CT molecular complexity index is 2320. The summed E-state index contributed by atoms with van der Waals surface area (Å²) in [6.45, 7) is 4.89. The smallest absolute Gasteiger partial charge is 0.261 e. The van der Waals surface area contributed by atoms with Gasteiger partial charge in [-0.05, 0) is 82.6 Å². The molecular weight excluding hydrogens is 628 g/mol. The van der Waals surface area contributed by atoms with Crippen molar-refractivity contribution in [2.45, 2.75) is 26.9 Å². The van der Waals surface area contributed by atoms with E-state index >= 15 is 0 Å². The Kier molecular flexibility index (Phi) is 6.64. The zero-order valence-electron chi connectivity index (χ0n) is 27.4. The molecule has 0 bridgehead atoms. The summed E-state index contributed by atoms with van der Waals surface area (Å²) >= 11 is 0. The van der Waals surface area contributed by atoms with Gasteiger partial charge in [0.05, 0.1) is 26.3 Å². The predicted octanol–water partition coefficient (Wildman–Crippen LogP) is 8.13. The lowest BCUT2D eigenvalue weighted by Gasteiger charge is -2.30. The summed E-state index contributed by atoms with van der Waals surface area (Å²) in [5.41, 5.74) is 3.32. The molecule has 0 aromatic heterocycles. The summed E-state index contributed by atoms with van der Waals surface area (Å²) in [4.78, 5) is 58.8. The molecule has 8 heteroatoms. The van der Waals surface area contributed by atoms with Gasteiger partial charge in [-0.1, -0.05) is 60.7 Å². The van der Waals surface area contributed by atoms with Crippen LogP contribution < -0.4 is 9.47 Å². The van der Waals surface area contributed by atoms with E-state index in [1.54, 1.807) is 24.3 Å². The normalized spacial score (nSPS) is 14.2. The maximum absolute atomic E-state index is 14.1. The zero-order chi connectivity index (χ0) is 34.3. The molecule has 0 saturated heterocycles. The maximum atomic E-state index is 14.1. The van der Waals surface area contributed by atoms with Crippen LogP contribution in [0.15, 0.2) is 97.1 Å². The Morgan fingerprint density at radius 2 is 0.740 bits per heavy atom. The van der Waals surface area contributed by atoms with Gasteiger partial charge in [-0.2, -0.15) is 0 Å². The second-order valence-electron chi connectivity index (χ2n) is 12.6. The SMILES string of the molecule is CCOc1ccccc1CN1C(=O)c2ccc3c4ccc5c6c(ccc(c7ccc(c2c37)C1=O)c64)C(=O)N(Cc1ccccc1OCC)C5=O. The molecule has 2 aliphatic heterocycles. The van der Waals surface area contributed by atoms with E-state index < -0.39 is 0 Å². The molecule has 2 aliphatic rings. The molecule has 8 nitrogen and oxygen atoms in total. The average Bonchev–Trinajstić information content (AvgIpc) is 3.14. The summed E-state index contributed by atoms with van der Waals surface area (Å²) in [5, 5.41) is 6.26. The second-order valence-corrected chi connectivity index (χ2v) is 12.6. The number of hydrogen-bond donors (Lipinski definition) is 0. The number of ether oxygens (including phenoxy) is 2. The average molecular weight is 659 g/mol. The summed E-state index contributed by atoms with van der Waals surface area (Å²) in [5.74, 6) is -0.185. The van der Waals surface area contributed by atoms with Crippen molar-refractivity contribution in [2.75, 3.05) is 13.2 Å². The molecule has 0 unspecified atom stereocenters. The van der Waals surface area contributed by atoms with Crippen LogP contribution in [-0.2, 0) is 13.1 Å². The molecule has 0 atom stereocenters. The van der Waals surface area contributed by atoms with Crippen molar-refractivity contribution in [1.82, 2.24) is 9.80 Å². The number of carbonyl (C=O) groups is 4. The van der Waals surface area contributed by atoms with Crippen LogP contribution in [0.5, 0.6) is 11.5 Å². The van der Waals surface area contributed by atoms with Crippen molar-refractivity contribution in [1.29, 1.82) is 0 Å². The number of fused-ring (bicyclic) bond motifs is 2. The van der Waals surface area contributed by atoms with Crippen molar-refractivity contribution in [2.24, 2.45) is 0 Å². The molecule has 7 aromatic carbocycles. The molecule has 0 spiro atoms. The second kappa shape index (κ2) is 11.1. The van der Waals surface area contributed by atoms with Crippen LogP contribution in [0.25, 0.3) is 43.1 Å². The molecule has 2 heterocycles. The maximum Gasteiger partial charge on any atom is 0.261 e. The van der Waals surface area contributed by atoms with Crippen LogP contribution >= 0.6 is 0 Å². The minimum absolute atomic E-state index is 0.0856. The first-order valence-electron chi connectivity index (χ1n) is 16.7. The van der Waals surface area contributed by atoms with Gasteiger partial charge >= 0.3 is 0 Å². The Morgan fingerprint density at radius 3 is 1.06 bits per heavy atom. The fraction of sp³-hybridized carbons (Fsp3) is 0.143. The monoisotopic (exact) mass is 658 g/mol. The first-order valence-corrected chi connectivity index (χ1v) is 16.7. The van der Waals surface area contributed by atoms with Crippen LogP contribution in [0.2, 0.25) is 0 Å². The van der Waals surface area contributed by atoms with E-state index in [0.29, 0.717) is 57.7 Å². The molecule has 4 amide bonds. The van der Waals surface area contributed by atoms with Crippen molar-refractivity contribution >= 4 is 66.7 Å². The molecule has 0 aliphatic carbocycles. The van der Waals surface area contributed by atoms with Crippen LogP contribution in [0, 0.1) is 0 Å². The summed E-state index contributed by atoms with van der Waals surface area (Å²) < 4.78 is 11.6. The summed E-state index contributed by atoms with van der Waals surface area (Å²) in [6.07, 6.45) is 0. The molecular formula is C42H30N2O6. The third-order valence-electron chi connectivity index (χ3n) is 10.0. The number of imide groups is 2. The van der Waals surface area contributed by atoms with E-state index in [2.05, 4.69) is 0 Å². The minimum Gasteiger partial charge on any atom is -0.494 e. The van der Waals surface area contributed by atoms with E-state index in [4.69, 9.17) is 9.47 Å². The summed E-state index contributed by atoms with van der Waals surface area (Å²) in [7, 11) is 0. The number of nitrogens with zero attached hydrogens (tertiary/aromatic N) is 2. The number of amides is 4. The van der Waals surface area contributed by atoms with Gasteiger partial charge in [0.25, 0.3) is 23.6 Å². The number of benzene rings is 7. The molecule has 9 rings (SSSR count). The standard InChI is InChI=1S/C42H30N2O6/c1-3-49-33-11-7-5-9-23(33)21-43-39(45)29-17-13-25-27-15-19-31-38-32(42(48)44(41(31)47)22-24-10-6-8-12-34(24)50-4-2)20-16-28(36(27)38)26-14-18-30(40(43)46)37(29)35(25)26/h5-20H,3-4,21-22H2,1-2H3. The van der Waals surface area contributed by atoms with Crippen molar-refractivity contribution in [3.63, 3.8) is 0 Å². The van der Waals surface area contributed by atoms with Gasteiger partial charge in [0.15, 0.2) is 0 Å². The lowest BCUT2D eigenvalue weighted by molar-refractivity contribution is 0.0582. The first-order chi connectivity index (χ1) is 24.4. The van der Waals surface area contributed by atoms with Gasteiger partial charge in [0.1, 0.15) is 11.5 Å². The molecule has 0 N–H and O–H groups in total. The number of para-hydroxylation sites is 2. The first kappa shape index (κ1) is 29.8. The quantitative estimate of drug-likeness (QED) is 0.0930. The molecule has 50 heavy (non-hydrogen) atoms. The Balaban J connectivity index is 1.19. The van der Waals surface area contributed by atoms with Gasteiger partial charge in [-0.25, -0.2) is 0 Å². The minimum atomic E-state index is -0.365. The summed E-state index contributed by atoms with van der Waals surface area (Å²) in [6, 6.07) is 29.7. The largest absolute Gasteiger partial charge is 0.494 e. The highest BCUT2D eigenvalue weighted by atomic mass is 16.5. The lowest BCUT2D eigenvalue weighted by Crippen LogP contribution is -2.40. The third kappa shape index (κ3) is 4.11. The predicted molar refractivity (Wildman–Crippen MR) is 191 cm³/mol. The number of rotatable bonds is 8. The zero-order valence-corrected chi connectivity index (χ0v) is 27.4. The van der Waals surface area contributed by atoms with Crippen LogP contribution in [0.4, 0.5) is 0 Å². The van der Waals surface area contributed by atoms with E-state index in [-0.39, 0.29) is 36.7 Å². The molecule has 7 aromatic rings. The Labute approximate surface area is 286 Å². The lowest BCUT2D eigenvalue weighted by atomic mass is 9.82. The third-order valence-corrected chi connectivity index (χ3v) is 10.0. The topological polar surface area (TPSA) is 93.2 Å². The van der Waals surface area contributed by atoms with Crippen LogP contribution in [0.3, 0.4) is 0 Å². The van der Waals surface area contributed by atoms with Crippen LogP contribution in [0.1, 0.15) is 66.4 Å². The molecule has 244 valence electrons. The Morgan fingerprint density at radius 1 is 0.420 bits per heavy atom. The van der Waals surface area contributed by atoms with Crippen LogP contribution in [-0.4, -0.2) is 46.6 Å². The van der Waals surface area contributed by atoms with Gasteiger partial charge in [-0.3, -0.25) is 29.0 Å². The van der Waals surface area contributed by atoms with E-state index in [0.717, 1.165) is 43.4 Å². The van der Waals surface area contributed by atoms with Crippen molar-refractivity contribution in [3.8, 4) is 11.5 Å². The molecule has 0 radical (unpaired) electrons. The van der Waals surface area contributed by atoms with E-state index in [1.165, 1.54) is 9.80 Å². The number of carbonyl (C=O) groups excluding carboxylic acids is 4. The van der Waals surface area contributed by atoms with Gasteiger partial charge in [0.2, 0.25) is 0 Å². The van der Waals surface area contributed by atoms with Crippen molar-refractivity contribution < 1.29 is 28.7 Å². The fourth-order valence-corrected chi connectivity index (χ4v) is 7.86. The highest BCUT2D eigenvalue weighted by Gasteiger charge is 2.37. The highest BCUT2D eigenvalue weighted by molar-refractivity contribution is 6.41. The van der Waals surface area contributed by atoms with Gasteiger partial charge in [-0.15, -0.1) is 0 Å².